The number of benzene rings is 1. The molecule has 0 aromatic heterocycles. The first-order valence-corrected chi connectivity index (χ1v) is 7.52. The summed E-state index contributed by atoms with van der Waals surface area (Å²) in [6, 6.07) is 7.36. The zero-order chi connectivity index (χ0) is 14.0. The van der Waals surface area contributed by atoms with Gasteiger partial charge in [0.2, 0.25) is 0 Å². The average molecular weight is 283 g/mol. The number of amides is 1. The van der Waals surface area contributed by atoms with Crippen LogP contribution >= 0.6 is 0 Å². The van der Waals surface area contributed by atoms with E-state index in [1.807, 2.05) is 25.1 Å². The Labute approximate surface area is 113 Å². The number of rotatable bonds is 2. The summed E-state index contributed by atoms with van der Waals surface area (Å²) in [6.07, 6.45) is 0. The molecule has 0 saturated carbocycles. The minimum absolute atomic E-state index is 0.0715. The van der Waals surface area contributed by atoms with Gasteiger partial charge in [-0.2, -0.15) is 12.7 Å². The molecule has 0 spiro atoms. The van der Waals surface area contributed by atoms with E-state index in [2.05, 4.69) is 0 Å². The maximum Gasteiger partial charge on any atom is 0.277 e. The van der Waals surface area contributed by atoms with Gasteiger partial charge in [-0.05, 0) is 19.1 Å². The summed E-state index contributed by atoms with van der Waals surface area (Å²) in [5.41, 5.74) is 1.65. The summed E-state index contributed by atoms with van der Waals surface area (Å²) in [5, 5.41) is 5.06. The minimum atomic E-state index is -3.65. The van der Waals surface area contributed by atoms with E-state index in [0.29, 0.717) is 18.7 Å². The number of carbonyl (C=O) groups excluding carboxylic acids is 1. The molecule has 6 nitrogen and oxygen atoms in total. The molecule has 1 amide bonds. The summed E-state index contributed by atoms with van der Waals surface area (Å²) in [5.74, 6) is -0.0715. The van der Waals surface area contributed by atoms with E-state index >= 15 is 0 Å². The van der Waals surface area contributed by atoms with Crippen molar-refractivity contribution in [2.24, 2.45) is 5.14 Å². The predicted octanol–water partition coefficient (Wildman–Crippen LogP) is -0.0437. The van der Waals surface area contributed by atoms with Gasteiger partial charge >= 0.3 is 0 Å². The predicted molar refractivity (Wildman–Crippen MR) is 71.8 cm³/mol. The summed E-state index contributed by atoms with van der Waals surface area (Å²) in [7, 11) is -3.65. The van der Waals surface area contributed by atoms with Crippen molar-refractivity contribution in [1.29, 1.82) is 0 Å². The summed E-state index contributed by atoms with van der Waals surface area (Å²) in [4.78, 5) is 13.9. The molecule has 19 heavy (non-hydrogen) atoms. The van der Waals surface area contributed by atoms with E-state index < -0.39 is 10.2 Å². The molecule has 1 fully saturated rings. The molecule has 2 N–H and O–H groups in total. The topological polar surface area (TPSA) is 83.7 Å². The fourth-order valence-corrected chi connectivity index (χ4v) is 2.78. The molecule has 0 bridgehead atoms. The van der Waals surface area contributed by atoms with Gasteiger partial charge < -0.3 is 4.90 Å². The maximum absolute atomic E-state index is 12.2. The van der Waals surface area contributed by atoms with Crippen molar-refractivity contribution in [1.82, 2.24) is 9.21 Å². The van der Waals surface area contributed by atoms with E-state index in [9.17, 15) is 13.2 Å². The molecule has 1 aliphatic rings. The maximum atomic E-state index is 12.2. The Morgan fingerprint density at radius 3 is 2.37 bits per heavy atom. The van der Waals surface area contributed by atoms with Gasteiger partial charge in [-0.25, -0.2) is 5.14 Å². The number of aryl methyl sites for hydroxylation is 1. The van der Waals surface area contributed by atoms with Gasteiger partial charge in [0, 0.05) is 31.7 Å². The second-order valence-corrected chi connectivity index (χ2v) is 6.15. The Kier molecular flexibility index (Phi) is 3.88. The molecule has 0 aliphatic carbocycles. The van der Waals surface area contributed by atoms with E-state index in [0.717, 1.165) is 5.56 Å². The van der Waals surface area contributed by atoms with Gasteiger partial charge in [0.1, 0.15) is 0 Å². The minimum Gasteiger partial charge on any atom is -0.336 e. The van der Waals surface area contributed by atoms with E-state index in [1.165, 1.54) is 4.31 Å². The van der Waals surface area contributed by atoms with Crippen molar-refractivity contribution < 1.29 is 13.2 Å². The number of carbonyl (C=O) groups is 1. The quantitative estimate of drug-likeness (QED) is 0.826. The van der Waals surface area contributed by atoms with E-state index in [4.69, 9.17) is 5.14 Å². The number of hydrogen-bond donors (Lipinski definition) is 1. The lowest BCUT2D eigenvalue weighted by molar-refractivity contribution is 0.0698. The Balaban J connectivity index is 2.04. The third kappa shape index (κ3) is 3.31. The van der Waals surface area contributed by atoms with Crippen LogP contribution in [0.4, 0.5) is 0 Å². The Bertz CT molecular complexity index is 578. The number of nitrogens with zero attached hydrogens (tertiary/aromatic N) is 2. The molecule has 1 aliphatic heterocycles. The summed E-state index contributed by atoms with van der Waals surface area (Å²) in [6.45, 7) is 3.15. The van der Waals surface area contributed by atoms with Crippen LogP contribution in [0.5, 0.6) is 0 Å². The lowest BCUT2D eigenvalue weighted by Gasteiger charge is -2.33. The molecular formula is C12H17N3O3S. The van der Waals surface area contributed by atoms with Crippen molar-refractivity contribution in [3.05, 3.63) is 35.4 Å². The van der Waals surface area contributed by atoms with E-state index in [-0.39, 0.29) is 19.0 Å². The monoisotopic (exact) mass is 283 g/mol. The molecule has 7 heteroatoms. The van der Waals surface area contributed by atoms with Crippen LogP contribution < -0.4 is 5.14 Å². The largest absolute Gasteiger partial charge is 0.336 e. The van der Waals surface area contributed by atoms with Crippen molar-refractivity contribution in [2.75, 3.05) is 26.2 Å². The van der Waals surface area contributed by atoms with Crippen LogP contribution in [-0.4, -0.2) is 49.7 Å². The molecular weight excluding hydrogens is 266 g/mol. The molecule has 104 valence electrons. The third-order valence-corrected chi connectivity index (χ3v) is 4.24. The summed E-state index contributed by atoms with van der Waals surface area (Å²) >= 11 is 0. The van der Waals surface area contributed by atoms with Crippen molar-refractivity contribution in [3.8, 4) is 0 Å². The Hall–Kier alpha value is -1.44. The second kappa shape index (κ2) is 5.28. The first kappa shape index (κ1) is 14.0. The van der Waals surface area contributed by atoms with Gasteiger partial charge in [0.05, 0.1) is 0 Å². The van der Waals surface area contributed by atoms with Crippen LogP contribution in [0.15, 0.2) is 24.3 Å². The highest BCUT2D eigenvalue weighted by atomic mass is 32.2. The Morgan fingerprint density at radius 2 is 1.84 bits per heavy atom. The highest BCUT2D eigenvalue weighted by molar-refractivity contribution is 7.86. The van der Waals surface area contributed by atoms with E-state index in [1.54, 1.807) is 11.0 Å². The molecule has 2 rings (SSSR count). The zero-order valence-corrected chi connectivity index (χ0v) is 11.6. The first-order chi connectivity index (χ1) is 8.88. The Morgan fingerprint density at radius 1 is 1.21 bits per heavy atom. The fraction of sp³-hybridized carbons (Fsp3) is 0.417. The normalized spacial score (nSPS) is 17.5. The lowest BCUT2D eigenvalue weighted by atomic mass is 10.1. The number of nitrogens with two attached hydrogens (primary N) is 1. The first-order valence-electron chi connectivity index (χ1n) is 6.02. The van der Waals surface area contributed by atoms with Crippen LogP contribution in [0.2, 0.25) is 0 Å². The van der Waals surface area contributed by atoms with Crippen LogP contribution in [0.3, 0.4) is 0 Å². The molecule has 1 heterocycles. The molecule has 1 saturated heterocycles. The van der Waals surface area contributed by atoms with Crippen molar-refractivity contribution >= 4 is 16.1 Å². The lowest BCUT2D eigenvalue weighted by Crippen LogP contribution is -2.52. The number of hydrogen-bond acceptors (Lipinski definition) is 3. The molecule has 0 atom stereocenters. The molecule has 0 radical (unpaired) electrons. The van der Waals surface area contributed by atoms with Crippen molar-refractivity contribution in [2.45, 2.75) is 6.92 Å². The van der Waals surface area contributed by atoms with Gasteiger partial charge in [0.15, 0.2) is 0 Å². The van der Waals surface area contributed by atoms with Gasteiger partial charge in [-0.3, -0.25) is 4.79 Å². The highest BCUT2D eigenvalue weighted by Gasteiger charge is 2.26. The average Bonchev–Trinajstić information content (AvgIpc) is 2.37. The zero-order valence-electron chi connectivity index (χ0n) is 10.7. The van der Waals surface area contributed by atoms with Crippen LogP contribution in [-0.2, 0) is 10.2 Å². The highest BCUT2D eigenvalue weighted by Crippen LogP contribution is 2.11. The molecule has 0 unspecified atom stereocenters. The fourth-order valence-electron chi connectivity index (χ4n) is 2.11. The number of piperazine rings is 1. The second-order valence-electron chi connectivity index (χ2n) is 4.61. The molecule has 1 aromatic rings. The van der Waals surface area contributed by atoms with Gasteiger partial charge in [-0.15, -0.1) is 0 Å². The summed E-state index contributed by atoms with van der Waals surface area (Å²) < 4.78 is 23.5. The molecule has 1 aromatic carbocycles. The van der Waals surface area contributed by atoms with Crippen LogP contribution in [0, 0.1) is 6.92 Å². The third-order valence-electron chi connectivity index (χ3n) is 3.15. The SMILES string of the molecule is Cc1cccc(C(=O)N2CCN(S(N)(=O)=O)CC2)c1. The standard InChI is InChI=1S/C12H17N3O3S/c1-10-3-2-4-11(9-10)12(16)14-5-7-15(8-6-14)19(13,17)18/h2-4,9H,5-8H2,1H3,(H2,13,17,18). The van der Waals surface area contributed by atoms with Crippen molar-refractivity contribution in [3.63, 3.8) is 0 Å². The van der Waals surface area contributed by atoms with Crippen LogP contribution in [0.25, 0.3) is 0 Å². The smallest absolute Gasteiger partial charge is 0.277 e. The van der Waals surface area contributed by atoms with Gasteiger partial charge in [-0.1, -0.05) is 17.7 Å². The van der Waals surface area contributed by atoms with Gasteiger partial charge in [0.25, 0.3) is 16.1 Å². The van der Waals surface area contributed by atoms with Crippen LogP contribution in [0.1, 0.15) is 15.9 Å².